The number of nitrogens with two attached hydrogens (primary N) is 1. The van der Waals surface area contributed by atoms with Gasteiger partial charge in [-0.25, -0.2) is 0 Å². The molecule has 22 heavy (non-hydrogen) atoms. The minimum Gasteiger partial charge on any atom is -0.370 e. The fourth-order valence-electron chi connectivity index (χ4n) is 2.63. The van der Waals surface area contributed by atoms with E-state index in [2.05, 4.69) is 44.2 Å². The predicted molar refractivity (Wildman–Crippen MR) is 95.8 cm³/mol. The van der Waals surface area contributed by atoms with Gasteiger partial charge in [0.25, 0.3) is 0 Å². The zero-order chi connectivity index (χ0) is 15.2. The highest BCUT2D eigenvalue weighted by Crippen LogP contribution is 2.23. The van der Waals surface area contributed by atoms with Gasteiger partial charge in [0.15, 0.2) is 5.96 Å². The molecule has 3 heterocycles. The van der Waals surface area contributed by atoms with E-state index in [-0.39, 0.29) is 0 Å². The summed E-state index contributed by atoms with van der Waals surface area (Å²) >= 11 is 3.66. The van der Waals surface area contributed by atoms with Crippen molar-refractivity contribution in [2.45, 2.75) is 19.4 Å². The molecule has 4 nitrogen and oxygen atoms in total. The molecule has 0 amide bonds. The van der Waals surface area contributed by atoms with Gasteiger partial charge in [-0.05, 0) is 41.3 Å². The molecule has 3 N–H and O–H groups in total. The van der Waals surface area contributed by atoms with Crippen molar-refractivity contribution in [2.24, 2.45) is 10.7 Å². The van der Waals surface area contributed by atoms with Gasteiger partial charge in [0.2, 0.25) is 0 Å². The average Bonchev–Trinajstić information content (AvgIpc) is 3.17. The number of fused-ring (bicyclic) bond motifs is 1. The molecular formula is C16H22N4S2. The number of rotatable bonds is 6. The van der Waals surface area contributed by atoms with Gasteiger partial charge < -0.3 is 11.1 Å². The molecule has 2 aromatic rings. The largest absolute Gasteiger partial charge is 0.370 e. The molecule has 0 saturated heterocycles. The molecule has 3 rings (SSSR count). The van der Waals surface area contributed by atoms with E-state index in [1.807, 2.05) is 11.3 Å². The van der Waals surface area contributed by atoms with Crippen molar-refractivity contribution in [2.75, 3.05) is 26.2 Å². The number of nitrogens with one attached hydrogen (secondary N) is 1. The average molecular weight is 335 g/mol. The second-order valence-electron chi connectivity index (χ2n) is 5.42. The van der Waals surface area contributed by atoms with Gasteiger partial charge in [-0.1, -0.05) is 6.07 Å². The zero-order valence-corrected chi connectivity index (χ0v) is 14.3. The Balaban J connectivity index is 1.35. The first-order valence-electron chi connectivity index (χ1n) is 7.65. The van der Waals surface area contributed by atoms with Crippen molar-refractivity contribution < 1.29 is 0 Å². The van der Waals surface area contributed by atoms with Crippen LogP contribution in [0.2, 0.25) is 0 Å². The normalized spacial score (nSPS) is 15.7. The van der Waals surface area contributed by atoms with Gasteiger partial charge in [0.05, 0.1) is 6.54 Å². The Morgan fingerprint density at radius 2 is 2.27 bits per heavy atom. The molecule has 2 aromatic heterocycles. The van der Waals surface area contributed by atoms with Crippen LogP contribution >= 0.6 is 22.7 Å². The maximum Gasteiger partial charge on any atom is 0.188 e. The fraction of sp³-hybridized carbons (Fsp3) is 0.438. The van der Waals surface area contributed by atoms with Crippen LogP contribution in [-0.4, -0.2) is 37.0 Å². The molecular weight excluding hydrogens is 312 g/mol. The van der Waals surface area contributed by atoms with Gasteiger partial charge in [-0.15, -0.1) is 22.7 Å². The molecule has 1 aliphatic heterocycles. The number of guanidine groups is 1. The van der Waals surface area contributed by atoms with Gasteiger partial charge in [-0.2, -0.15) is 0 Å². The zero-order valence-electron chi connectivity index (χ0n) is 12.6. The lowest BCUT2D eigenvalue weighted by atomic mass is 10.1. The molecule has 0 aromatic carbocycles. The highest BCUT2D eigenvalue weighted by atomic mass is 32.1. The first-order valence-corrected chi connectivity index (χ1v) is 9.41. The highest BCUT2D eigenvalue weighted by molar-refractivity contribution is 7.10. The molecule has 0 spiro atoms. The highest BCUT2D eigenvalue weighted by Gasteiger charge is 2.16. The van der Waals surface area contributed by atoms with Crippen molar-refractivity contribution in [3.8, 4) is 0 Å². The summed E-state index contributed by atoms with van der Waals surface area (Å²) in [7, 11) is 0. The third kappa shape index (κ3) is 4.32. The second kappa shape index (κ2) is 7.76. The molecule has 118 valence electrons. The first kappa shape index (κ1) is 15.5. The van der Waals surface area contributed by atoms with Gasteiger partial charge >= 0.3 is 0 Å². The summed E-state index contributed by atoms with van der Waals surface area (Å²) < 4.78 is 0. The lowest BCUT2D eigenvalue weighted by Crippen LogP contribution is -2.35. The minimum atomic E-state index is 0.560. The van der Waals surface area contributed by atoms with Gasteiger partial charge in [0.1, 0.15) is 0 Å². The summed E-state index contributed by atoms with van der Waals surface area (Å²) in [4.78, 5) is 9.81. The van der Waals surface area contributed by atoms with E-state index < -0.39 is 0 Å². The van der Waals surface area contributed by atoms with E-state index >= 15 is 0 Å². The van der Waals surface area contributed by atoms with Crippen molar-refractivity contribution in [1.29, 1.82) is 0 Å². The number of hydrogen-bond acceptors (Lipinski definition) is 4. The Labute approximate surface area is 139 Å². The van der Waals surface area contributed by atoms with E-state index in [0.717, 1.165) is 39.1 Å². The number of thiophene rings is 2. The first-order chi connectivity index (χ1) is 10.8. The quantitative estimate of drug-likeness (QED) is 0.630. The Bertz CT molecular complexity index is 603. The lowest BCUT2D eigenvalue weighted by Gasteiger charge is -2.26. The van der Waals surface area contributed by atoms with Crippen LogP contribution in [0.15, 0.2) is 34.0 Å². The van der Waals surface area contributed by atoms with Crippen molar-refractivity contribution in [3.05, 3.63) is 44.3 Å². The third-order valence-electron chi connectivity index (χ3n) is 3.84. The van der Waals surface area contributed by atoms with Crippen molar-refractivity contribution in [3.63, 3.8) is 0 Å². The molecule has 0 unspecified atom stereocenters. The number of aliphatic imine (C=N–C) groups is 1. The summed E-state index contributed by atoms with van der Waals surface area (Å²) in [5.74, 6) is 0.560. The van der Waals surface area contributed by atoms with Crippen molar-refractivity contribution in [1.82, 2.24) is 10.2 Å². The number of nitrogens with zero attached hydrogens (tertiary/aromatic N) is 2. The monoisotopic (exact) mass is 334 g/mol. The Morgan fingerprint density at radius 1 is 1.32 bits per heavy atom. The lowest BCUT2D eigenvalue weighted by molar-refractivity contribution is 0.263. The summed E-state index contributed by atoms with van der Waals surface area (Å²) in [5, 5.41) is 7.49. The Morgan fingerprint density at radius 3 is 3.14 bits per heavy atom. The topological polar surface area (TPSA) is 53.6 Å². The van der Waals surface area contributed by atoms with E-state index in [1.165, 1.54) is 16.9 Å². The van der Waals surface area contributed by atoms with Crippen LogP contribution in [0.5, 0.6) is 0 Å². The molecule has 0 radical (unpaired) electrons. The molecule has 1 aliphatic rings. The Hall–Kier alpha value is -1.37. The van der Waals surface area contributed by atoms with E-state index in [9.17, 15) is 0 Å². The van der Waals surface area contributed by atoms with Crippen molar-refractivity contribution >= 4 is 28.6 Å². The molecule has 0 saturated carbocycles. The standard InChI is InChI=1S/C16H22N4S2/c17-16(18-6-3-14-2-1-10-21-14)19-7-9-20-8-4-15-13(12-20)5-11-22-15/h1-2,5,10-11H,3-4,6-9,12H2,(H3,17,18,19). The van der Waals surface area contributed by atoms with Crippen LogP contribution < -0.4 is 11.1 Å². The summed E-state index contributed by atoms with van der Waals surface area (Å²) in [5.41, 5.74) is 7.40. The maximum absolute atomic E-state index is 5.91. The van der Waals surface area contributed by atoms with Crippen LogP contribution in [0, 0.1) is 0 Å². The molecule has 0 aliphatic carbocycles. The van der Waals surface area contributed by atoms with Crippen LogP contribution in [0.25, 0.3) is 0 Å². The van der Waals surface area contributed by atoms with E-state index in [4.69, 9.17) is 5.73 Å². The summed E-state index contributed by atoms with van der Waals surface area (Å²) in [6, 6.07) is 6.47. The molecule has 0 atom stereocenters. The van der Waals surface area contributed by atoms with Crippen LogP contribution in [-0.2, 0) is 19.4 Å². The molecule has 0 bridgehead atoms. The van der Waals surface area contributed by atoms with E-state index in [0.29, 0.717) is 5.96 Å². The maximum atomic E-state index is 5.91. The Kier molecular flexibility index (Phi) is 5.48. The second-order valence-corrected chi connectivity index (χ2v) is 7.45. The van der Waals surface area contributed by atoms with Crippen LogP contribution in [0.3, 0.4) is 0 Å². The SMILES string of the molecule is NC(=NCCN1CCc2sccc2C1)NCCc1cccs1. The molecule has 6 heteroatoms. The van der Waals surface area contributed by atoms with E-state index in [1.54, 1.807) is 16.2 Å². The number of hydrogen-bond donors (Lipinski definition) is 2. The summed E-state index contributed by atoms with van der Waals surface area (Å²) in [6.07, 6.45) is 2.17. The van der Waals surface area contributed by atoms with Gasteiger partial charge in [0, 0.05) is 35.9 Å². The van der Waals surface area contributed by atoms with Crippen LogP contribution in [0.1, 0.15) is 15.3 Å². The fourth-order valence-corrected chi connectivity index (χ4v) is 4.23. The smallest absolute Gasteiger partial charge is 0.188 e. The summed E-state index contributed by atoms with van der Waals surface area (Å²) in [6.45, 7) is 4.77. The minimum absolute atomic E-state index is 0.560. The predicted octanol–water partition coefficient (Wildman–Crippen LogP) is 2.31. The van der Waals surface area contributed by atoms with Crippen LogP contribution in [0.4, 0.5) is 0 Å². The van der Waals surface area contributed by atoms with Gasteiger partial charge in [-0.3, -0.25) is 9.89 Å². The third-order valence-corrected chi connectivity index (χ3v) is 5.80. The molecule has 0 fully saturated rings.